The number of carbonyl (C=O) groups is 2. The lowest BCUT2D eigenvalue weighted by Crippen LogP contribution is -2.34. The van der Waals surface area contributed by atoms with Crippen molar-refractivity contribution < 1.29 is 14.3 Å². The maximum absolute atomic E-state index is 12.2. The van der Waals surface area contributed by atoms with Crippen LogP contribution in [0.25, 0.3) is 0 Å². The summed E-state index contributed by atoms with van der Waals surface area (Å²) in [5.74, 6) is 0.163. The van der Waals surface area contributed by atoms with Gasteiger partial charge in [0.15, 0.2) is 0 Å². The fraction of sp³-hybridized carbons (Fsp3) is 0.375. The Morgan fingerprint density at radius 2 is 1.81 bits per heavy atom. The summed E-state index contributed by atoms with van der Waals surface area (Å²) < 4.78 is 5.55. The van der Waals surface area contributed by atoms with Crippen LogP contribution < -0.4 is 4.74 Å². The van der Waals surface area contributed by atoms with Crippen LogP contribution in [-0.2, 0) is 9.59 Å². The molecule has 1 aliphatic carbocycles. The summed E-state index contributed by atoms with van der Waals surface area (Å²) in [5, 5.41) is 0.595. The zero-order valence-corrected chi connectivity index (χ0v) is 12.3. The summed E-state index contributed by atoms with van der Waals surface area (Å²) in [4.78, 5) is 25.8. The van der Waals surface area contributed by atoms with Crippen molar-refractivity contribution in [1.29, 1.82) is 0 Å². The molecule has 2 aliphatic rings. The number of likely N-dealkylation sites (tertiary alicyclic amines) is 1. The Labute approximate surface area is 128 Å². The monoisotopic (exact) mass is 305 g/mol. The molecule has 21 heavy (non-hydrogen) atoms. The molecule has 110 valence electrons. The first kappa shape index (κ1) is 14.1. The Morgan fingerprint density at radius 1 is 1.14 bits per heavy atom. The minimum Gasteiger partial charge on any atom is -0.492 e. The molecule has 5 heteroatoms. The van der Waals surface area contributed by atoms with Gasteiger partial charge in [-0.05, 0) is 31.0 Å². The van der Waals surface area contributed by atoms with Gasteiger partial charge in [-0.2, -0.15) is 0 Å². The van der Waals surface area contributed by atoms with E-state index in [1.54, 1.807) is 24.3 Å². The zero-order valence-electron chi connectivity index (χ0n) is 11.5. The highest BCUT2D eigenvalue weighted by Gasteiger charge is 2.46. The Hall–Kier alpha value is -1.81. The van der Waals surface area contributed by atoms with E-state index in [4.69, 9.17) is 16.3 Å². The molecule has 1 aliphatic heterocycles. The van der Waals surface area contributed by atoms with Crippen LogP contribution in [0.5, 0.6) is 5.75 Å². The summed E-state index contributed by atoms with van der Waals surface area (Å²) in [6.45, 7) is 0.571. The second-order valence-corrected chi connectivity index (χ2v) is 5.73. The highest BCUT2D eigenvalue weighted by atomic mass is 35.5. The fourth-order valence-corrected chi connectivity index (χ4v) is 3.08. The lowest BCUT2D eigenvalue weighted by Gasteiger charge is -2.15. The van der Waals surface area contributed by atoms with Crippen molar-refractivity contribution in [1.82, 2.24) is 4.90 Å². The Balaban J connectivity index is 1.58. The highest BCUT2D eigenvalue weighted by Crippen LogP contribution is 2.34. The summed E-state index contributed by atoms with van der Waals surface area (Å²) in [5.41, 5.74) is 0. The number of imide groups is 1. The van der Waals surface area contributed by atoms with Crippen molar-refractivity contribution in [3.05, 3.63) is 41.4 Å². The molecule has 0 spiro atoms. The number of rotatable bonds is 4. The van der Waals surface area contributed by atoms with Gasteiger partial charge in [0.25, 0.3) is 0 Å². The van der Waals surface area contributed by atoms with Crippen molar-refractivity contribution in [3.8, 4) is 5.75 Å². The van der Waals surface area contributed by atoms with Gasteiger partial charge in [-0.1, -0.05) is 29.8 Å². The van der Waals surface area contributed by atoms with Crippen molar-refractivity contribution in [3.63, 3.8) is 0 Å². The molecule has 2 amide bonds. The molecule has 2 unspecified atom stereocenters. The molecule has 1 aromatic rings. The van der Waals surface area contributed by atoms with Crippen LogP contribution in [0.1, 0.15) is 12.8 Å². The number of hydrogen-bond acceptors (Lipinski definition) is 3. The van der Waals surface area contributed by atoms with Gasteiger partial charge in [0.05, 0.1) is 18.4 Å². The van der Waals surface area contributed by atoms with Crippen LogP contribution >= 0.6 is 11.6 Å². The van der Waals surface area contributed by atoms with Crippen molar-refractivity contribution in [2.24, 2.45) is 11.8 Å². The third-order valence-corrected chi connectivity index (χ3v) is 4.21. The number of nitrogens with zero attached hydrogens (tertiary/aromatic N) is 1. The molecule has 1 fully saturated rings. The number of benzene rings is 1. The van der Waals surface area contributed by atoms with Gasteiger partial charge in [0, 0.05) is 5.02 Å². The maximum Gasteiger partial charge on any atom is 0.233 e. The molecule has 0 aromatic heterocycles. The van der Waals surface area contributed by atoms with Gasteiger partial charge >= 0.3 is 0 Å². The molecule has 0 saturated carbocycles. The number of ether oxygens (including phenoxy) is 1. The average Bonchev–Trinajstić information content (AvgIpc) is 2.73. The lowest BCUT2D eigenvalue weighted by atomic mass is 9.85. The predicted molar refractivity (Wildman–Crippen MR) is 79.0 cm³/mol. The van der Waals surface area contributed by atoms with Gasteiger partial charge in [-0.15, -0.1) is 0 Å². The number of allylic oxidation sites excluding steroid dienone is 2. The smallest absolute Gasteiger partial charge is 0.233 e. The van der Waals surface area contributed by atoms with Gasteiger partial charge in [0.1, 0.15) is 12.4 Å². The summed E-state index contributed by atoms with van der Waals surface area (Å²) in [6.07, 6.45) is 5.30. The van der Waals surface area contributed by atoms with E-state index < -0.39 is 0 Å². The lowest BCUT2D eigenvalue weighted by molar-refractivity contribution is -0.140. The molecular formula is C16H16ClNO3. The van der Waals surface area contributed by atoms with E-state index >= 15 is 0 Å². The second-order valence-electron chi connectivity index (χ2n) is 5.29. The maximum atomic E-state index is 12.2. The van der Waals surface area contributed by atoms with E-state index in [0.717, 1.165) is 0 Å². The zero-order chi connectivity index (χ0) is 14.8. The van der Waals surface area contributed by atoms with Crippen LogP contribution in [0.4, 0.5) is 0 Å². The molecule has 4 nitrogen and oxygen atoms in total. The van der Waals surface area contributed by atoms with Crippen molar-refractivity contribution >= 4 is 23.4 Å². The van der Waals surface area contributed by atoms with Gasteiger partial charge in [0.2, 0.25) is 11.8 Å². The van der Waals surface area contributed by atoms with Crippen LogP contribution in [0.2, 0.25) is 5.02 Å². The Kier molecular flexibility index (Phi) is 3.97. The number of halogens is 1. The van der Waals surface area contributed by atoms with Crippen LogP contribution in [0, 0.1) is 11.8 Å². The standard InChI is InChI=1S/C16H16ClNO3/c17-11-4-3-5-12(10-11)21-9-8-18-15(19)13-6-1-2-7-14(13)16(18)20/h1-5,10,13-14H,6-9H2. The number of fused-ring (bicyclic) bond motifs is 1. The third kappa shape index (κ3) is 2.81. The predicted octanol–water partition coefficient (Wildman–Crippen LogP) is 2.67. The molecule has 0 N–H and O–H groups in total. The first-order chi connectivity index (χ1) is 10.2. The Morgan fingerprint density at radius 3 is 2.43 bits per heavy atom. The fourth-order valence-electron chi connectivity index (χ4n) is 2.90. The third-order valence-electron chi connectivity index (χ3n) is 3.98. The van der Waals surface area contributed by atoms with E-state index in [-0.39, 0.29) is 36.8 Å². The molecule has 2 atom stereocenters. The minimum absolute atomic E-state index is 0.0657. The summed E-state index contributed by atoms with van der Waals surface area (Å²) in [7, 11) is 0. The van der Waals surface area contributed by atoms with E-state index in [0.29, 0.717) is 23.6 Å². The SMILES string of the molecule is O=C1C2CC=CCC2C(=O)N1CCOc1cccc(Cl)c1. The largest absolute Gasteiger partial charge is 0.492 e. The minimum atomic E-state index is -0.173. The second kappa shape index (κ2) is 5.90. The van der Waals surface area contributed by atoms with Gasteiger partial charge in [-0.25, -0.2) is 0 Å². The summed E-state index contributed by atoms with van der Waals surface area (Å²) >= 11 is 5.87. The number of amides is 2. The van der Waals surface area contributed by atoms with Gasteiger partial charge < -0.3 is 4.74 Å². The molecule has 0 radical (unpaired) electrons. The summed E-state index contributed by atoms with van der Waals surface area (Å²) in [6, 6.07) is 7.06. The molecule has 1 heterocycles. The highest BCUT2D eigenvalue weighted by molar-refractivity contribution is 6.30. The van der Waals surface area contributed by atoms with E-state index in [2.05, 4.69) is 0 Å². The number of hydrogen-bond donors (Lipinski definition) is 0. The van der Waals surface area contributed by atoms with Crippen molar-refractivity contribution in [2.75, 3.05) is 13.2 Å². The van der Waals surface area contributed by atoms with E-state index in [9.17, 15) is 9.59 Å². The van der Waals surface area contributed by atoms with Crippen LogP contribution in [-0.4, -0.2) is 29.9 Å². The Bertz CT molecular complexity index is 573. The molecule has 1 saturated heterocycles. The van der Waals surface area contributed by atoms with Gasteiger partial charge in [-0.3, -0.25) is 14.5 Å². The normalized spacial score (nSPS) is 24.3. The molecular weight excluding hydrogens is 290 g/mol. The van der Waals surface area contributed by atoms with Crippen molar-refractivity contribution in [2.45, 2.75) is 12.8 Å². The van der Waals surface area contributed by atoms with E-state index in [1.165, 1.54) is 4.90 Å². The topological polar surface area (TPSA) is 46.6 Å². The quantitative estimate of drug-likeness (QED) is 0.634. The molecule has 0 bridgehead atoms. The van der Waals surface area contributed by atoms with Crippen LogP contribution in [0.3, 0.4) is 0 Å². The molecule has 3 rings (SSSR count). The first-order valence-corrected chi connectivity index (χ1v) is 7.43. The van der Waals surface area contributed by atoms with Crippen LogP contribution in [0.15, 0.2) is 36.4 Å². The van der Waals surface area contributed by atoms with E-state index in [1.807, 2.05) is 12.2 Å². The average molecular weight is 306 g/mol. The first-order valence-electron chi connectivity index (χ1n) is 7.05. The number of carbonyl (C=O) groups excluding carboxylic acids is 2. The molecule has 1 aromatic carbocycles.